The maximum atomic E-state index is 11.9. The average Bonchev–Trinajstić information content (AvgIpc) is 2.82. The van der Waals surface area contributed by atoms with Crippen molar-refractivity contribution in [3.63, 3.8) is 0 Å². The van der Waals surface area contributed by atoms with Crippen LogP contribution >= 0.6 is 11.3 Å². The van der Waals surface area contributed by atoms with Crippen molar-refractivity contribution in [1.82, 2.24) is 0 Å². The third kappa shape index (κ3) is 3.56. The van der Waals surface area contributed by atoms with E-state index >= 15 is 0 Å². The predicted octanol–water partition coefficient (Wildman–Crippen LogP) is 3.76. The molecule has 20 heavy (non-hydrogen) atoms. The molecule has 1 aromatic carbocycles. The molecule has 0 radical (unpaired) electrons. The molecule has 0 spiro atoms. The van der Waals surface area contributed by atoms with E-state index < -0.39 is 6.10 Å². The summed E-state index contributed by atoms with van der Waals surface area (Å²) in [6.07, 6.45) is 2.70. The summed E-state index contributed by atoms with van der Waals surface area (Å²) in [4.78, 5) is 13.0. The van der Waals surface area contributed by atoms with Crippen molar-refractivity contribution in [2.24, 2.45) is 0 Å². The second-order valence-corrected chi connectivity index (χ2v) is 5.50. The molecule has 4 heteroatoms. The van der Waals surface area contributed by atoms with Crippen LogP contribution < -0.4 is 5.32 Å². The Bertz CT molecular complexity index is 629. The molecule has 1 amide bonds. The fraction of sp³-hybridized carbons (Fsp3) is 0.188. The summed E-state index contributed by atoms with van der Waals surface area (Å²) in [6.45, 7) is 3.69. The van der Waals surface area contributed by atoms with Gasteiger partial charge in [-0.2, -0.15) is 0 Å². The van der Waals surface area contributed by atoms with E-state index in [0.29, 0.717) is 11.3 Å². The third-order valence-electron chi connectivity index (χ3n) is 2.96. The van der Waals surface area contributed by atoms with E-state index in [1.54, 1.807) is 36.5 Å². The number of rotatable bonds is 4. The number of aryl methyl sites for hydroxylation is 1. The van der Waals surface area contributed by atoms with Gasteiger partial charge in [-0.15, -0.1) is 11.3 Å². The lowest BCUT2D eigenvalue weighted by Crippen LogP contribution is -2.10. The number of amides is 1. The average molecular weight is 287 g/mol. The molecule has 0 aliphatic carbocycles. The zero-order valence-corrected chi connectivity index (χ0v) is 12.3. The van der Waals surface area contributed by atoms with E-state index in [0.717, 1.165) is 10.4 Å². The van der Waals surface area contributed by atoms with Gasteiger partial charge < -0.3 is 10.4 Å². The molecular formula is C16H17NO2S. The molecule has 2 N–H and O–H groups in total. The molecule has 104 valence electrons. The van der Waals surface area contributed by atoms with Crippen LogP contribution in [0.3, 0.4) is 0 Å². The van der Waals surface area contributed by atoms with Crippen LogP contribution in [0.2, 0.25) is 0 Å². The first-order valence-electron chi connectivity index (χ1n) is 6.38. The van der Waals surface area contributed by atoms with Crippen LogP contribution in [-0.4, -0.2) is 11.0 Å². The minimum absolute atomic E-state index is 0.203. The first-order chi connectivity index (χ1) is 9.58. The van der Waals surface area contributed by atoms with E-state index in [4.69, 9.17) is 0 Å². The second kappa shape index (κ2) is 6.50. The second-order valence-electron chi connectivity index (χ2n) is 4.55. The zero-order chi connectivity index (χ0) is 14.5. The monoisotopic (exact) mass is 287 g/mol. The zero-order valence-electron chi connectivity index (χ0n) is 11.5. The number of aliphatic hydroxyl groups is 1. The SMILES string of the molecule is Cc1ccsc1C=CC(=O)Nc1ccccc1C(C)O. The van der Waals surface area contributed by atoms with Gasteiger partial charge in [0.1, 0.15) is 0 Å². The van der Waals surface area contributed by atoms with Crippen molar-refractivity contribution >= 4 is 29.0 Å². The predicted molar refractivity (Wildman–Crippen MR) is 83.8 cm³/mol. The molecule has 1 unspecified atom stereocenters. The lowest BCUT2D eigenvalue weighted by Gasteiger charge is -2.11. The molecule has 1 heterocycles. The van der Waals surface area contributed by atoms with Crippen molar-refractivity contribution in [3.05, 3.63) is 57.8 Å². The topological polar surface area (TPSA) is 49.3 Å². The van der Waals surface area contributed by atoms with Crippen LogP contribution in [0.4, 0.5) is 5.69 Å². The van der Waals surface area contributed by atoms with Crippen LogP contribution in [0.25, 0.3) is 6.08 Å². The number of hydrogen-bond donors (Lipinski definition) is 2. The van der Waals surface area contributed by atoms with Crippen LogP contribution in [0.15, 0.2) is 41.8 Å². The first-order valence-corrected chi connectivity index (χ1v) is 7.26. The quantitative estimate of drug-likeness (QED) is 0.841. The molecule has 0 aliphatic rings. The summed E-state index contributed by atoms with van der Waals surface area (Å²) in [5.74, 6) is -0.203. The lowest BCUT2D eigenvalue weighted by molar-refractivity contribution is -0.111. The molecule has 0 saturated heterocycles. The Balaban J connectivity index is 2.09. The largest absolute Gasteiger partial charge is 0.389 e. The van der Waals surface area contributed by atoms with Gasteiger partial charge in [-0.25, -0.2) is 0 Å². The molecule has 2 aromatic rings. The Morgan fingerprint density at radius 2 is 2.10 bits per heavy atom. The van der Waals surface area contributed by atoms with Crippen molar-refractivity contribution in [1.29, 1.82) is 0 Å². The minimum atomic E-state index is -0.616. The van der Waals surface area contributed by atoms with E-state index in [9.17, 15) is 9.90 Å². The van der Waals surface area contributed by atoms with Gasteiger partial charge in [-0.3, -0.25) is 4.79 Å². The normalized spacial score (nSPS) is 12.6. The highest BCUT2D eigenvalue weighted by Gasteiger charge is 2.08. The van der Waals surface area contributed by atoms with Crippen LogP contribution in [0, 0.1) is 6.92 Å². The Hall–Kier alpha value is -1.91. The fourth-order valence-corrected chi connectivity index (χ4v) is 2.68. The number of benzene rings is 1. The summed E-state index contributed by atoms with van der Waals surface area (Å²) >= 11 is 1.60. The molecule has 0 saturated carbocycles. The van der Waals surface area contributed by atoms with Crippen LogP contribution in [0.1, 0.15) is 29.0 Å². The molecule has 3 nitrogen and oxygen atoms in total. The Kier molecular flexibility index (Phi) is 4.71. The third-order valence-corrected chi connectivity index (χ3v) is 3.94. The number of carbonyl (C=O) groups is 1. The van der Waals surface area contributed by atoms with Gasteiger partial charge in [0.05, 0.1) is 6.10 Å². The molecule has 2 rings (SSSR count). The van der Waals surface area contributed by atoms with Gasteiger partial charge in [-0.05, 0) is 43.0 Å². The van der Waals surface area contributed by atoms with Gasteiger partial charge in [0.15, 0.2) is 0 Å². The van der Waals surface area contributed by atoms with Gasteiger partial charge >= 0.3 is 0 Å². The number of aliphatic hydroxyl groups excluding tert-OH is 1. The summed E-state index contributed by atoms with van der Waals surface area (Å²) in [7, 11) is 0. The van der Waals surface area contributed by atoms with Gasteiger partial charge in [-0.1, -0.05) is 18.2 Å². The van der Waals surface area contributed by atoms with E-state index in [1.165, 1.54) is 6.08 Å². The summed E-state index contributed by atoms with van der Waals surface area (Å²) in [6, 6.07) is 9.26. The van der Waals surface area contributed by atoms with Crippen molar-refractivity contribution in [2.75, 3.05) is 5.32 Å². The Labute approximate surface area is 122 Å². The Morgan fingerprint density at radius 1 is 1.35 bits per heavy atom. The van der Waals surface area contributed by atoms with E-state index in [1.807, 2.05) is 30.5 Å². The lowest BCUT2D eigenvalue weighted by atomic mass is 10.1. The summed E-state index contributed by atoms with van der Waals surface area (Å²) in [5, 5.41) is 14.5. The summed E-state index contributed by atoms with van der Waals surface area (Å²) < 4.78 is 0. The van der Waals surface area contributed by atoms with E-state index in [2.05, 4.69) is 5.32 Å². The highest BCUT2D eigenvalue weighted by atomic mass is 32.1. The number of para-hydroxylation sites is 1. The number of anilines is 1. The smallest absolute Gasteiger partial charge is 0.248 e. The number of nitrogens with one attached hydrogen (secondary N) is 1. The van der Waals surface area contributed by atoms with Gasteiger partial charge in [0.25, 0.3) is 0 Å². The number of thiophene rings is 1. The van der Waals surface area contributed by atoms with Crippen molar-refractivity contribution in [2.45, 2.75) is 20.0 Å². The highest BCUT2D eigenvalue weighted by Crippen LogP contribution is 2.22. The molecule has 1 atom stereocenters. The van der Waals surface area contributed by atoms with Crippen LogP contribution in [0.5, 0.6) is 0 Å². The molecule has 0 fully saturated rings. The number of hydrogen-bond acceptors (Lipinski definition) is 3. The standard InChI is InChI=1S/C16H17NO2S/c1-11-9-10-20-15(11)7-8-16(19)17-14-6-4-3-5-13(14)12(2)18/h3-10,12,18H,1-2H3,(H,17,19). The maximum absolute atomic E-state index is 11.9. The molecule has 1 aromatic heterocycles. The van der Waals surface area contributed by atoms with Crippen molar-refractivity contribution < 1.29 is 9.90 Å². The van der Waals surface area contributed by atoms with Crippen molar-refractivity contribution in [3.8, 4) is 0 Å². The van der Waals surface area contributed by atoms with E-state index in [-0.39, 0.29) is 5.91 Å². The molecule has 0 bridgehead atoms. The maximum Gasteiger partial charge on any atom is 0.248 e. The van der Waals surface area contributed by atoms with Gasteiger partial charge in [0.2, 0.25) is 5.91 Å². The van der Waals surface area contributed by atoms with Gasteiger partial charge in [0, 0.05) is 22.2 Å². The number of carbonyl (C=O) groups excluding carboxylic acids is 1. The fourth-order valence-electron chi connectivity index (χ4n) is 1.86. The molecular weight excluding hydrogens is 270 g/mol. The first kappa shape index (κ1) is 14.5. The van der Waals surface area contributed by atoms with Crippen LogP contribution in [-0.2, 0) is 4.79 Å². The minimum Gasteiger partial charge on any atom is -0.389 e. The Morgan fingerprint density at radius 3 is 2.75 bits per heavy atom. The molecule has 0 aliphatic heterocycles. The summed E-state index contributed by atoms with van der Waals surface area (Å²) in [5.41, 5.74) is 2.50. The highest BCUT2D eigenvalue weighted by molar-refractivity contribution is 7.11.